The zero-order chi connectivity index (χ0) is 16.9. The minimum Gasteiger partial charge on any atom is -0.361 e. The highest BCUT2D eigenvalue weighted by Gasteiger charge is 2.32. The Balaban J connectivity index is 1.56. The molecular formula is C18H24N4O2. The standard InChI is InChI=1S/C18H24N4O2/c1-2-3-10-19-16-18(24)21-15(17(23)22-16)9-8-12-11-20-14-7-5-4-6-13(12)14/h4-7,11,15-16,19-20H,2-3,8-10H2,1H3,(H,21,24)(H,22,23)/t15-,16-/m0/s1. The lowest BCUT2D eigenvalue weighted by atomic mass is 10.0. The number of carbonyl (C=O) groups is 2. The van der Waals surface area contributed by atoms with Crippen LogP contribution >= 0.6 is 0 Å². The number of hydrogen-bond acceptors (Lipinski definition) is 3. The lowest BCUT2D eigenvalue weighted by Crippen LogP contribution is -2.66. The lowest BCUT2D eigenvalue weighted by molar-refractivity contribution is -0.137. The first-order valence-electron chi connectivity index (χ1n) is 8.58. The number of nitrogens with one attached hydrogen (secondary N) is 4. The Morgan fingerprint density at radius 3 is 2.79 bits per heavy atom. The number of amides is 2. The summed E-state index contributed by atoms with van der Waals surface area (Å²) in [5.41, 5.74) is 2.25. The summed E-state index contributed by atoms with van der Waals surface area (Å²) in [7, 11) is 0. The molecule has 24 heavy (non-hydrogen) atoms. The molecule has 0 bridgehead atoms. The summed E-state index contributed by atoms with van der Waals surface area (Å²) in [6.45, 7) is 2.80. The zero-order valence-corrected chi connectivity index (χ0v) is 13.9. The molecule has 0 unspecified atom stereocenters. The highest BCUT2D eigenvalue weighted by atomic mass is 16.2. The van der Waals surface area contributed by atoms with Crippen molar-refractivity contribution in [2.24, 2.45) is 0 Å². The van der Waals surface area contributed by atoms with Crippen LogP contribution in [0.15, 0.2) is 30.5 Å². The number of aryl methyl sites for hydroxylation is 1. The number of H-pyrrole nitrogens is 1. The van der Waals surface area contributed by atoms with Gasteiger partial charge in [0.05, 0.1) is 0 Å². The molecule has 1 aliphatic heterocycles. The summed E-state index contributed by atoms with van der Waals surface area (Å²) in [6, 6.07) is 7.61. The summed E-state index contributed by atoms with van der Waals surface area (Å²) in [6.07, 6.45) is 4.69. The molecule has 2 atom stereocenters. The number of unbranched alkanes of at least 4 members (excludes halogenated alkanes) is 1. The van der Waals surface area contributed by atoms with Gasteiger partial charge in [-0.2, -0.15) is 0 Å². The molecule has 1 saturated heterocycles. The quantitative estimate of drug-likeness (QED) is 0.580. The van der Waals surface area contributed by atoms with E-state index in [2.05, 4.69) is 33.9 Å². The summed E-state index contributed by atoms with van der Waals surface area (Å²) >= 11 is 0. The molecule has 2 aromatic rings. The van der Waals surface area contributed by atoms with Crippen molar-refractivity contribution in [2.45, 2.75) is 44.8 Å². The average molecular weight is 328 g/mol. The van der Waals surface area contributed by atoms with Gasteiger partial charge >= 0.3 is 0 Å². The fraction of sp³-hybridized carbons (Fsp3) is 0.444. The fourth-order valence-electron chi connectivity index (χ4n) is 3.04. The molecule has 1 aromatic carbocycles. The number of aromatic amines is 1. The Morgan fingerprint density at radius 2 is 1.96 bits per heavy atom. The second-order valence-electron chi connectivity index (χ2n) is 6.21. The molecular weight excluding hydrogens is 304 g/mol. The van der Waals surface area contributed by atoms with Gasteiger partial charge in [-0.15, -0.1) is 0 Å². The van der Waals surface area contributed by atoms with Crippen molar-refractivity contribution in [1.29, 1.82) is 0 Å². The van der Waals surface area contributed by atoms with Gasteiger partial charge in [0.1, 0.15) is 6.04 Å². The molecule has 6 nitrogen and oxygen atoms in total. The number of rotatable bonds is 7. The van der Waals surface area contributed by atoms with Gasteiger partial charge in [0, 0.05) is 17.1 Å². The number of carbonyl (C=O) groups excluding carboxylic acids is 2. The number of benzene rings is 1. The number of aromatic nitrogens is 1. The van der Waals surface area contributed by atoms with Crippen LogP contribution in [0, 0.1) is 0 Å². The second-order valence-corrected chi connectivity index (χ2v) is 6.21. The van der Waals surface area contributed by atoms with Gasteiger partial charge in [0.15, 0.2) is 6.17 Å². The normalized spacial score (nSPS) is 20.9. The highest BCUT2D eigenvalue weighted by molar-refractivity contribution is 5.96. The summed E-state index contributed by atoms with van der Waals surface area (Å²) in [4.78, 5) is 27.6. The van der Waals surface area contributed by atoms with Crippen molar-refractivity contribution >= 4 is 22.7 Å². The van der Waals surface area contributed by atoms with Crippen LogP contribution in [0.5, 0.6) is 0 Å². The molecule has 1 fully saturated rings. The van der Waals surface area contributed by atoms with Crippen molar-refractivity contribution in [3.05, 3.63) is 36.0 Å². The van der Waals surface area contributed by atoms with Crippen molar-refractivity contribution < 1.29 is 9.59 Å². The Labute approximate surface area is 141 Å². The first-order chi connectivity index (χ1) is 11.7. The minimum atomic E-state index is -0.617. The molecule has 3 rings (SSSR count). The third-order valence-electron chi connectivity index (χ3n) is 4.44. The maximum absolute atomic E-state index is 12.2. The van der Waals surface area contributed by atoms with Gasteiger partial charge < -0.3 is 15.6 Å². The summed E-state index contributed by atoms with van der Waals surface area (Å²) < 4.78 is 0. The van der Waals surface area contributed by atoms with E-state index in [4.69, 9.17) is 0 Å². The van der Waals surface area contributed by atoms with E-state index in [1.165, 1.54) is 5.39 Å². The second kappa shape index (κ2) is 7.49. The smallest absolute Gasteiger partial charge is 0.258 e. The predicted octanol–water partition coefficient (Wildman–Crippen LogP) is 1.43. The lowest BCUT2D eigenvalue weighted by Gasteiger charge is -2.30. The molecule has 1 aliphatic rings. The average Bonchev–Trinajstić information content (AvgIpc) is 3.00. The molecule has 4 N–H and O–H groups in total. The van der Waals surface area contributed by atoms with Gasteiger partial charge in [-0.25, -0.2) is 0 Å². The number of para-hydroxylation sites is 1. The van der Waals surface area contributed by atoms with E-state index in [9.17, 15) is 9.59 Å². The van der Waals surface area contributed by atoms with Crippen LogP contribution in [-0.2, 0) is 16.0 Å². The maximum atomic E-state index is 12.2. The predicted molar refractivity (Wildman–Crippen MR) is 93.4 cm³/mol. The van der Waals surface area contributed by atoms with Crippen LogP contribution in [0.4, 0.5) is 0 Å². The summed E-state index contributed by atoms with van der Waals surface area (Å²) in [5.74, 6) is -0.280. The van der Waals surface area contributed by atoms with Crippen LogP contribution in [-0.4, -0.2) is 35.6 Å². The Bertz CT molecular complexity index is 725. The third-order valence-corrected chi connectivity index (χ3v) is 4.44. The van der Waals surface area contributed by atoms with Gasteiger partial charge in [-0.1, -0.05) is 31.5 Å². The van der Waals surface area contributed by atoms with Crippen LogP contribution < -0.4 is 16.0 Å². The molecule has 6 heteroatoms. The van der Waals surface area contributed by atoms with Crippen LogP contribution in [0.2, 0.25) is 0 Å². The molecule has 128 valence electrons. The molecule has 1 aromatic heterocycles. The van der Waals surface area contributed by atoms with E-state index in [-0.39, 0.29) is 11.8 Å². The first-order valence-corrected chi connectivity index (χ1v) is 8.58. The molecule has 0 aliphatic carbocycles. The van der Waals surface area contributed by atoms with Crippen LogP contribution in [0.3, 0.4) is 0 Å². The van der Waals surface area contributed by atoms with Crippen molar-refractivity contribution in [2.75, 3.05) is 6.54 Å². The Morgan fingerprint density at radius 1 is 1.12 bits per heavy atom. The van der Waals surface area contributed by atoms with Crippen molar-refractivity contribution in [1.82, 2.24) is 20.9 Å². The van der Waals surface area contributed by atoms with Crippen molar-refractivity contribution in [3.8, 4) is 0 Å². The van der Waals surface area contributed by atoms with Gasteiger partial charge in [0.2, 0.25) is 5.91 Å². The molecule has 2 heterocycles. The fourth-order valence-corrected chi connectivity index (χ4v) is 3.04. The SMILES string of the molecule is CCCCN[C@H]1NC(=O)[C@H](CCc2c[nH]c3ccccc23)NC1=O. The molecule has 2 amide bonds. The monoisotopic (exact) mass is 328 g/mol. The van der Waals surface area contributed by atoms with E-state index in [0.29, 0.717) is 6.42 Å². The van der Waals surface area contributed by atoms with E-state index in [1.54, 1.807) is 0 Å². The molecule has 0 spiro atoms. The van der Waals surface area contributed by atoms with Crippen LogP contribution in [0.25, 0.3) is 10.9 Å². The third kappa shape index (κ3) is 3.59. The zero-order valence-electron chi connectivity index (χ0n) is 13.9. The number of piperazine rings is 1. The largest absolute Gasteiger partial charge is 0.361 e. The number of fused-ring (bicyclic) bond motifs is 1. The van der Waals surface area contributed by atoms with Crippen molar-refractivity contribution in [3.63, 3.8) is 0 Å². The Kier molecular flexibility index (Phi) is 5.15. The topological polar surface area (TPSA) is 86.0 Å². The van der Waals surface area contributed by atoms with E-state index in [1.807, 2.05) is 24.4 Å². The van der Waals surface area contributed by atoms with E-state index >= 15 is 0 Å². The van der Waals surface area contributed by atoms with E-state index < -0.39 is 12.2 Å². The van der Waals surface area contributed by atoms with Gasteiger partial charge in [-0.3, -0.25) is 14.9 Å². The molecule has 0 radical (unpaired) electrons. The van der Waals surface area contributed by atoms with Crippen LogP contribution in [0.1, 0.15) is 31.7 Å². The van der Waals surface area contributed by atoms with Gasteiger partial charge in [0.25, 0.3) is 5.91 Å². The molecule has 0 saturated carbocycles. The maximum Gasteiger partial charge on any atom is 0.258 e. The highest BCUT2D eigenvalue weighted by Crippen LogP contribution is 2.19. The van der Waals surface area contributed by atoms with E-state index in [0.717, 1.165) is 36.9 Å². The summed E-state index contributed by atoms with van der Waals surface area (Å²) in [5, 5.41) is 9.84. The Hall–Kier alpha value is -2.34. The number of hydrogen-bond donors (Lipinski definition) is 4. The minimum absolute atomic E-state index is 0.122. The van der Waals surface area contributed by atoms with Gasteiger partial charge in [-0.05, 0) is 37.4 Å². The first kappa shape index (κ1) is 16.5.